The molecule has 0 saturated carbocycles. The normalized spacial score (nSPS) is 17.1. The van der Waals surface area contributed by atoms with Crippen molar-refractivity contribution in [2.24, 2.45) is 5.92 Å². The molecule has 134 valence electrons. The van der Waals surface area contributed by atoms with Crippen LogP contribution in [0.5, 0.6) is 0 Å². The molecule has 2 aromatic heterocycles. The van der Waals surface area contributed by atoms with Crippen LogP contribution in [0.25, 0.3) is 0 Å². The average molecular weight is 341 g/mol. The molecule has 0 amide bonds. The van der Waals surface area contributed by atoms with Gasteiger partial charge in [0.1, 0.15) is 18.2 Å². The summed E-state index contributed by atoms with van der Waals surface area (Å²) in [5.41, 5.74) is 2.22. The van der Waals surface area contributed by atoms with Gasteiger partial charge in [0.05, 0.1) is 0 Å². The second kappa shape index (κ2) is 8.25. The van der Waals surface area contributed by atoms with Gasteiger partial charge in [0.15, 0.2) is 5.82 Å². The molecular weight excluding hydrogens is 314 g/mol. The van der Waals surface area contributed by atoms with Gasteiger partial charge < -0.3 is 15.0 Å². The minimum atomic E-state index is 0.475. The van der Waals surface area contributed by atoms with E-state index < -0.39 is 0 Å². The van der Waals surface area contributed by atoms with Crippen LogP contribution in [0.4, 0.5) is 11.6 Å². The first-order chi connectivity index (χ1) is 12.1. The number of nitrogens with one attached hydrogen (secondary N) is 1. The van der Waals surface area contributed by atoms with Gasteiger partial charge in [-0.3, -0.25) is 0 Å². The van der Waals surface area contributed by atoms with E-state index in [0.29, 0.717) is 19.1 Å². The number of hydrogen-bond donors (Lipinski definition) is 1. The predicted octanol–water partition coefficient (Wildman–Crippen LogP) is 2.96. The molecule has 1 fully saturated rings. The highest BCUT2D eigenvalue weighted by Gasteiger charge is 2.24. The highest BCUT2D eigenvalue weighted by atomic mass is 16.5. The number of nitrogens with zero attached hydrogens (tertiary/aromatic N) is 4. The Morgan fingerprint density at radius 1 is 1.28 bits per heavy atom. The summed E-state index contributed by atoms with van der Waals surface area (Å²) in [6.45, 7) is 10.2. The van der Waals surface area contributed by atoms with Crippen molar-refractivity contribution in [1.29, 1.82) is 0 Å². The standard InChI is InChI=1S/C19H27N5O/c1-4-25-13-18-22-15(3)10-19(23-18)24-8-6-16(12-24)11-21-17-9-14(2)5-7-20-17/h5,7,9-10,16H,4,6,8,11-13H2,1-3H3,(H,20,21). The van der Waals surface area contributed by atoms with E-state index in [2.05, 4.69) is 44.2 Å². The highest BCUT2D eigenvalue weighted by molar-refractivity contribution is 5.42. The van der Waals surface area contributed by atoms with E-state index >= 15 is 0 Å². The first kappa shape index (κ1) is 17.6. The topological polar surface area (TPSA) is 63.2 Å². The average Bonchev–Trinajstić information content (AvgIpc) is 3.07. The molecule has 1 aliphatic heterocycles. The lowest BCUT2D eigenvalue weighted by atomic mass is 10.1. The molecule has 0 aromatic carbocycles. The number of hydrogen-bond acceptors (Lipinski definition) is 6. The van der Waals surface area contributed by atoms with E-state index in [9.17, 15) is 0 Å². The molecular formula is C19H27N5O. The lowest BCUT2D eigenvalue weighted by molar-refractivity contribution is 0.128. The predicted molar refractivity (Wildman–Crippen MR) is 99.9 cm³/mol. The molecule has 3 heterocycles. The van der Waals surface area contributed by atoms with Crippen LogP contribution >= 0.6 is 0 Å². The van der Waals surface area contributed by atoms with Gasteiger partial charge in [-0.25, -0.2) is 15.0 Å². The Hall–Kier alpha value is -2.21. The van der Waals surface area contributed by atoms with E-state index in [1.54, 1.807) is 0 Å². The van der Waals surface area contributed by atoms with Crippen LogP contribution in [0.1, 0.15) is 30.4 Å². The van der Waals surface area contributed by atoms with E-state index in [1.807, 2.05) is 26.1 Å². The third-order valence-electron chi connectivity index (χ3n) is 4.42. The van der Waals surface area contributed by atoms with Crippen molar-refractivity contribution in [3.05, 3.63) is 41.5 Å². The lowest BCUT2D eigenvalue weighted by Gasteiger charge is -2.19. The number of rotatable bonds is 7. The summed E-state index contributed by atoms with van der Waals surface area (Å²) in [6, 6.07) is 6.16. The Kier molecular flexibility index (Phi) is 5.81. The van der Waals surface area contributed by atoms with Gasteiger partial charge in [0, 0.05) is 44.2 Å². The van der Waals surface area contributed by atoms with Crippen molar-refractivity contribution in [2.75, 3.05) is 36.5 Å². The van der Waals surface area contributed by atoms with Crippen molar-refractivity contribution in [3.63, 3.8) is 0 Å². The minimum absolute atomic E-state index is 0.475. The first-order valence-electron chi connectivity index (χ1n) is 8.98. The largest absolute Gasteiger partial charge is 0.374 e. The molecule has 25 heavy (non-hydrogen) atoms. The monoisotopic (exact) mass is 341 g/mol. The Balaban J connectivity index is 1.58. The lowest BCUT2D eigenvalue weighted by Crippen LogP contribution is -2.24. The third-order valence-corrected chi connectivity index (χ3v) is 4.42. The van der Waals surface area contributed by atoms with E-state index in [0.717, 1.165) is 49.2 Å². The second-order valence-electron chi connectivity index (χ2n) is 6.62. The highest BCUT2D eigenvalue weighted by Crippen LogP contribution is 2.23. The zero-order valence-electron chi connectivity index (χ0n) is 15.3. The maximum absolute atomic E-state index is 5.45. The molecule has 2 aromatic rings. The molecule has 3 rings (SSSR count). The zero-order chi connectivity index (χ0) is 17.6. The number of aryl methyl sites for hydroxylation is 2. The van der Waals surface area contributed by atoms with Gasteiger partial charge in [-0.05, 0) is 50.8 Å². The quantitative estimate of drug-likeness (QED) is 0.835. The summed E-state index contributed by atoms with van der Waals surface area (Å²) >= 11 is 0. The molecule has 0 aliphatic carbocycles. The summed E-state index contributed by atoms with van der Waals surface area (Å²) in [6.07, 6.45) is 3.00. The Morgan fingerprint density at radius 2 is 2.16 bits per heavy atom. The van der Waals surface area contributed by atoms with Crippen molar-refractivity contribution >= 4 is 11.6 Å². The number of aromatic nitrogens is 3. The van der Waals surface area contributed by atoms with E-state index in [1.165, 1.54) is 5.56 Å². The molecule has 0 spiro atoms. The first-order valence-corrected chi connectivity index (χ1v) is 8.98. The summed E-state index contributed by atoms with van der Waals surface area (Å²) in [5.74, 6) is 3.32. The van der Waals surface area contributed by atoms with Crippen molar-refractivity contribution in [2.45, 2.75) is 33.8 Å². The van der Waals surface area contributed by atoms with Gasteiger partial charge in [0.2, 0.25) is 0 Å². The maximum Gasteiger partial charge on any atom is 0.156 e. The zero-order valence-corrected chi connectivity index (χ0v) is 15.3. The second-order valence-corrected chi connectivity index (χ2v) is 6.62. The van der Waals surface area contributed by atoms with Crippen LogP contribution in [0.15, 0.2) is 24.4 Å². The van der Waals surface area contributed by atoms with Crippen LogP contribution < -0.4 is 10.2 Å². The minimum Gasteiger partial charge on any atom is -0.374 e. The fourth-order valence-electron chi connectivity index (χ4n) is 3.12. The molecule has 1 atom stereocenters. The number of ether oxygens (including phenoxy) is 1. The smallest absolute Gasteiger partial charge is 0.156 e. The van der Waals surface area contributed by atoms with Crippen LogP contribution in [0.2, 0.25) is 0 Å². The maximum atomic E-state index is 5.45. The fourth-order valence-corrected chi connectivity index (χ4v) is 3.12. The molecule has 1 unspecified atom stereocenters. The van der Waals surface area contributed by atoms with Gasteiger partial charge in [0.25, 0.3) is 0 Å². The van der Waals surface area contributed by atoms with Gasteiger partial charge in [-0.1, -0.05) is 0 Å². The number of anilines is 2. The van der Waals surface area contributed by atoms with Crippen LogP contribution in [0.3, 0.4) is 0 Å². The van der Waals surface area contributed by atoms with Gasteiger partial charge >= 0.3 is 0 Å². The Labute approximate surface area is 149 Å². The molecule has 1 aliphatic rings. The summed E-state index contributed by atoms with van der Waals surface area (Å²) < 4.78 is 5.45. The number of pyridine rings is 1. The summed E-state index contributed by atoms with van der Waals surface area (Å²) in [7, 11) is 0. The van der Waals surface area contributed by atoms with Gasteiger partial charge in [-0.2, -0.15) is 0 Å². The van der Waals surface area contributed by atoms with Crippen molar-refractivity contribution in [1.82, 2.24) is 15.0 Å². The van der Waals surface area contributed by atoms with Crippen LogP contribution in [-0.4, -0.2) is 41.2 Å². The third kappa shape index (κ3) is 4.89. The summed E-state index contributed by atoms with van der Waals surface area (Å²) in [4.78, 5) is 15.9. The molecule has 0 bridgehead atoms. The van der Waals surface area contributed by atoms with E-state index in [-0.39, 0.29) is 0 Å². The van der Waals surface area contributed by atoms with Gasteiger partial charge in [-0.15, -0.1) is 0 Å². The molecule has 1 saturated heterocycles. The van der Waals surface area contributed by atoms with Crippen molar-refractivity contribution in [3.8, 4) is 0 Å². The molecule has 6 nitrogen and oxygen atoms in total. The Bertz CT molecular complexity index is 706. The molecule has 0 radical (unpaired) electrons. The van der Waals surface area contributed by atoms with Crippen LogP contribution in [-0.2, 0) is 11.3 Å². The van der Waals surface area contributed by atoms with Crippen molar-refractivity contribution < 1.29 is 4.74 Å². The Morgan fingerprint density at radius 3 is 2.96 bits per heavy atom. The SMILES string of the molecule is CCOCc1nc(C)cc(N2CCC(CNc3cc(C)ccn3)C2)n1. The van der Waals surface area contributed by atoms with E-state index in [4.69, 9.17) is 4.74 Å². The molecule has 6 heteroatoms. The summed E-state index contributed by atoms with van der Waals surface area (Å²) in [5, 5.41) is 3.46. The molecule has 1 N–H and O–H groups in total. The van der Waals surface area contributed by atoms with Crippen LogP contribution in [0, 0.1) is 19.8 Å². The fraction of sp³-hybridized carbons (Fsp3) is 0.526.